The van der Waals surface area contributed by atoms with E-state index in [-0.39, 0.29) is 5.41 Å². The van der Waals surface area contributed by atoms with Gasteiger partial charge < -0.3 is 14.9 Å². The molecule has 2 aliphatic heterocycles. The van der Waals surface area contributed by atoms with Gasteiger partial charge in [-0.1, -0.05) is 11.6 Å². The predicted octanol–water partition coefficient (Wildman–Crippen LogP) is 0.930. The molecule has 2 aliphatic rings. The normalized spacial score (nSPS) is 21.0. The van der Waals surface area contributed by atoms with Gasteiger partial charge in [0.15, 0.2) is 11.0 Å². The summed E-state index contributed by atoms with van der Waals surface area (Å²) in [5, 5.41) is 16.9. The maximum atomic E-state index is 10.7. The fourth-order valence-corrected chi connectivity index (χ4v) is 2.60. The number of carboxylic acid groups (broad SMARTS) is 1. The molecule has 0 saturated carbocycles. The zero-order chi connectivity index (χ0) is 12.0. The van der Waals surface area contributed by atoms with E-state index >= 15 is 0 Å². The molecule has 3 heterocycles. The Morgan fingerprint density at radius 2 is 2.00 bits per heavy atom. The first-order chi connectivity index (χ1) is 8.08. The van der Waals surface area contributed by atoms with Gasteiger partial charge in [-0.05, 0) is 12.1 Å². The Balaban J connectivity index is 1.59. The van der Waals surface area contributed by atoms with Crippen LogP contribution in [0.15, 0.2) is 12.1 Å². The van der Waals surface area contributed by atoms with E-state index in [1.165, 1.54) is 4.90 Å². The molecule has 1 N–H and O–H groups in total. The molecule has 0 radical (unpaired) electrons. The number of halogens is 1. The summed E-state index contributed by atoms with van der Waals surface area (Å²) in [6.07, 6.45) is -0.833. The lowest BCUT2D eigenvalue weighted by Gasteiger charge is -2.59. The van der Waals surface area contributed by atoms with E-state index in [1.54, 1.807) is 6.07 Å². The van der Waals surface area contributed by atoms with E-state index < -0.39 is 6.09 Å². The first kappa shape index (κ1) is 10.6. The average molecular weight is 255 g/mol. The van der Waals surface area contributed by atoms with Gasteiger partial charge in [0.2, 0.25) is 0 Å². The minimum Gasteiger partial charge on any atom is -0.465 e. The second-order valence-electron chi connectivity index (χ2n) is 4.71. The number of nitrogens with zero attached hydrogens (tertiary/aromatic N) is 4. The van der Waals surface area contributed by atoms with Gasteiger partial charge in [-0.15, -0.1) is 10.2 Å². The molecule has 3 rings (SSSR count). The molecule has 2 fully saturated rings. The summed E-state index contributed by atoms with van der Waals surface area (Å²) in [4.78, 5) is 14.2. The lowest BCUT2D eigenvalue weighted by atomic mass is 9.73. The van der Waals surface area contributed by atoms with E-state index in [4.69, 9.17) is 16.7 Å². The monoisotopic (exact) mass is 254 g/mol. The van der Waals surface area contributed by atoms with E-state index in [1.807, 2.05) is 6.07 Å². The minimum absolute atomic E-state index is 0.139. The maximum Gasteiger partial charge on any atom is 0.407 e. The van der Waals surface area contributed by atoms with Crippen molar-refractivity contribution in [2.75, 3.05) is 31.1 Å². The van der Waals surface area contributed by atoms with Crippen molar-refractivity contribution in [3.05, 3.63) is 17.3 Å². The average Bonchev–Trinajstić information content (AvgIpc) is 2.15. The van der Waals surface area contributed by atoms with E-state index in [0.717, 1.165) is 18.9 Å². The highest BCUT2D eigenvalue weighted by molar-refractivity contribution is 6.29. The van der Waals surface area contributed by atoms with Crippen molar-refractivity contribution in [3.8, 4) is 0 Å². The molecular weight excluding hydrogens is 244 g/mol. The summed E-state index contributed by atoms with van der Waals surface area (Å²) in [5.41, 5.74) is 0.139. The molecule has 1 aromatic heterocycles. The Morgan fingerprint density at radius 3 is 2.53 bits per heavy atom. The standard InChI is InChI=1S/C10H11ClN4O2/c11-7-1-2-8(13-12-7)14-3-10(4-14)5-15(6-10)9(16)17/h1-2H,3-6H2,(H,16,17). The highest BCUT2D eigenvalue weighted by Gasteiger charge is 2.53. The number of rotatable bonds is 1. The van der Waals surface area contributed by atoms with Crippen molar-refractivity contribution in [1.82, 2.24) is 15.1 Å². The van der Waals surface area contributed by atoms with Crippen molar-refractivity contribution in [2.24, 2.45) is 5.41 Å². The Morgan fingerprint density at radius 1 is 1.29 bits per heavy atom. The van der Waals surface area contributed by atoms with Crippen molar-refractivity contribution in [1.29, 1.82) is 0 Å². The van der Waals surface area contributed by atoms with Crippen LogP contribution in [-0.4, -0.2) is 52.5 Å². The van der Waals surface area contributed by atoms with Crippen LogP contribution in [0.3, 0.4) is 0 Å². The van der Waals surface area contributed by atoms with Crippen LogP contribution in [0.1, 0.15) is 0 Å². The molecule has 0 unspecified atom stereocenters. The van der Waals surface area contributed by atoms with Gasteiger partial charge in [0.1, 0.15) is 0 Å². The number of anilines is 1. The molecule has 0 aliphatic carbocycles. The number of hydrogen-bond donors (Lipinski definition) is 1. The van der Waals surface area contributed by atoms with Crippen LogP contribution >= 0.6 is 11.6 Å². The largest absolute Gasteiger partial charge is 0.465 e. The molecule has 17 heavy (non-hydrogen) atoms. The van der Waals surface area contributed by atoms with Crippen LogP contribution in [-0.2, 0) is 0 Å². The molecular formula is C10H11ClN4O2. The lowest BCUT2D eigenvalue weighted by molar-refractivity contribution is -0.00980. The summed E-state index contributed by atoms with van der Waals surface area (Å²) in [5.74, 6) is 0.800. The van der Waals surface area contributed by atoms with Gasteiger partial charge in [0.25, 0.3) is 0 Å². The van der Waals surface area contributed by atoms with Gasteiger partial charge >= 0.3 is 6.09 Å². The maximum absolute atomic E-state index is 10.7. The highest BCUT2D eigenvalue weighted by atomic mass is 35.5. The van der Waals surface area contributed by atoms with Gasteiger partial charge in [-0.2, -0.15) is 0 Å². The summed E-state index contributed by atoms with van der Waals surface area (Å²) in [7, 11) is 0. The number of likely N-dealkylation sites (tertiary alicyclic amines) is 1. The van der Waals surface area contributed by atoms with Crippen LogP contribution in [0.25, 0.3) is 0 Å². The third-order valence-electron chi connectivity index (χ3n) is 3.32. The second-order valence-corrected chi connectivity index (χ2v) is 5.10. The molecule has 90 valence electrons. The van der Waals surface area contributed by atoms with E-state index in [2.05, 4.69) is 15.1 Å². The third-order valence-corrected chi connectivity index (χ3v) is 3.52. The van der Waals surface area contributed by atoms with Gasteiger partial charge in [-0.3, -0.25) is 0 Å². The second kappa shape index (κ2) is 3.46. The first-order valence-corrected chi connectivity index (χ1v) is 5.68. The molecule has 2 saturated heterocycles. The molecule has 1 amide bonds. The lowest BCUT2D eigenvalue weighted by Crippen LogP contribution is -2.73. The Labute approximate surface area is 103 Å². The van der Waals surface area contributed by atoms with Crippen molar-refractivity contribution >= 4 is 23.5 Å². The highest BCUT2D eigenvalue weighted by Crippen LogP contribution is 2.41. The Bertz CT molecular complexity index is 450. The summed E-state index contributed by atoms with van der Waals surface area (Å²) in [6.45, 7) is 2.93. The van der Waals surface area contributed by atoms with Gasteiger partial charge in [-0.25, -0.2) is 4.79 Å². The van der Waals surface area contributed by atoms with Gasteiger partial charge in [0, 0.05) is 31.6 Å². The van der Waals surface area contributed by atoms with Crippen LogP contribution in [0.2, 0.25) is 5.15 Å². The zero-order valence-corrected chi connectivity index (χ0v) is 9.76. The molecule has 0 atom stereocenters. The predicted molar refractivity (Wildman–Crippen MR) is 61.3 cm³/mol. The van der Waals surface area contributed by atoms with Crippen molar-refractivity contribution < 1.29 is 9.90 Å². The summed E-state index contributed by atoms with van der Waals surface area (Å²) >= 11 is 5.66. The molecule has 0 aromatic carbocycles. The molecule has 0 bridgehead atoms. The summed E-state index contributed by atoms with van der Waals surface area (Å²) in [6, 6.07) is 3.54. The fraction of sp³-hybridized carbons (Fsp3) is 0.500. The van der Waals surface area contributed by atoms with Crippen molar-refractivity contribution in [2.45, 2.75) is 0 Å². The smallest absolute Gasteiger partial charge is 0.407 e. The number of carbonyl (C=O) groups is 1. The zero-order valence-electron chi connectivity index (χ0n) is 9.01. The number of aromatic nitrogens is 2. The number of amides is 1. The summed E-state index contributed by atoms with van der Waals surface area (Å²) < 4.78 is 0. The van der Waals surface area contributed by atoms with Crippen LogP contribution in [0.5, 0.6) is 0 Å². The van der Waals surface area contributed by atoms with Crippen molar-refractivity contribution in [3.63, 3.8) is 0 Å². The van der Waals surface area contributed by atoms with Crippen LogP contribution in [0, 0.1) is 5.41 Å². The van der Waals surface area contributed by atoms with E-state index in [9.17, 15) is 4.79 Å². The number of hydrogen-bond acceptors (Lipinski definition) is 4. The molecule has 6 nitrogen and oxygen atoms in total. The van der Waals surface area contributed by atoms with Gasteiger partial charge in [0.05, 0.1) is 0 Å². The molecule has 1 spiro atoms. The third kappa shape index (κ3) is 1.68. The fourth-order valence-electron chi connectivity index (χ4n) is 2.50. The molecule has 7 heteroatoms. The Hall–Kier alpha value is -1.56. The first-order valence-electron chi connectivity index (χ1n) is 5.30. The van der Waals surface area contributed by atoms with Crippen LogP contribution in [0.4, 0.5) is 10.6 Å². The Kier molecular flexibility index (Phi) is 2.16. The topological polar surface area (TPSA) is 69.6 Å². The van der Waals surface area contributed by atoms with Crippen LogP contribution < -0.4 is 4.90 Å². The minimum atomic E-state index is -0.833. The SMILES string of the molecule is O=C(O)N1CC2(C1)CN(c1ccc(Cl)nn1)C2. The quantitative estimate of drug-likeness (QED) is 0.807. The molecule has 1 aromatic rings. The van der Waals surface area contributed by atoms with E-state index in [0.29, 0.717) is 18.2 Å².